The fourth-order valence-corrected chi connectivity index (χ4v) is 1.31. The summed E-state index contributed by atoms with van der Waals surface area (Å²) >= 11 is 0. The highest BCUT2D eigenvalue weighted by molar-refractivity contribution is 5.56. The molecule has 3 heteroatoms. The quantitative estimate of drug-likeness (QED) is 0.859. The van der Waals surface area contributed by atoms with Gasteiger partial charge in [-0.3, -0.25) is 0 Å². The number of hydrogen-bond donors (Lipinski definition) is 1. The molecule has 1 aromatic carbocycles. The number of ether oxygens (including phenoxy) is 2. The second-order valence-corrected chi connectivity index (χ2v) is 5.07. The minimum atomic E-state index is -2.15. The van der Waals surface area contributed by atoms with Crippen LogP contribution in [0.5, 0.6) is 11.5 Å². The van der Waals surface area contributed by atoms with Crippen LogP contribution < -0.4 is 9.47 Å². The van der Waals surface area contributed by atoms with Gasteiger partial charge in [-0.15, -0.1) is 0 Å². The summed E-state index contributed by atoms with van der Waals surface area (Å²) in [5.74, 6) is 0.622. The monoisotopic (exact) mass is 237 g/mol. The molecule has 0 aliphatic carbocycles. The average Bonchev–Trinajstić information content (AvgIpc) is 2.59. The Hall–Kier alpha value is -1.48. The van der Waals surface area contributed by atoms with Crippen LogP contribution in [0.1, 0.15) is 30.4 Å². The van der Waals surface area contributed by atoms with Crippen molar-refractivity contribution >= 4 is 6.08 Å². The maximum atomic E-state index is 10.0. The lowest BCUT2D eigenvalue weighted by Crippen LogP contribution is -2.23. The molecule has 1 heterocycles. The van der Waals surface area contributed by atoms with E-state index in [0.29, 0.717) is 17.1 Å². The number of hydrogen-bond acceptors (Lipinski definition) is 3. The Balaban J connectivity index is 2.25. The molecular formula is C14H18O3. The van der Waals surface area contributed by atoms with Crippen molar-refractivity contribution < 1.29 is 18.7 Å². The van der Waals surface area contributed by atoms with Gasteiger partial charge in [-0.05, 0) is 23.1 Å². The molecule has 3 nitrogen and oxygen atoms in total. The van der Waals surface area contributed by atoms with Gasteiger partial charge in [-0.1, -0.05) is 39.0 Å². The van der Waals surface area contributed by atoms with Crippen LogP contribution in [0.25, 0.3) is 6.08 Å². The maximum Gasteiger partial charge on any atom is 0.231 e. The summed E-state index contributed by atoms with van der Waals surface area (Å²) in [5, 5.41) is 10.0. The topological polar surface area (TPSA) is 38.7 Å². The predicted octanol–water partition coefficient (Wildman–Crippen LogP) is 2.84. The van der Waals surface area contributed by atoms with Crippen LogP contribution >= 0.6 is 0 Å². The molecule has 0 amide bonds. The van der Waals surface area contributed by atoms with Crippen LogP contribution in [0.4, 0.5) is 0 Å². The zero-order valence-electron chi connectivity index (χ0n) is 13.2. The summed E-state index contributed by atoms with van der Waals surface area (Å²) in [4.78, 5) is 0. The van der Waals surface area contributed by atoms with Crippen molar-refractivity contribution in [1.82, 2.24) is 0 Å². The zero-order chi connectivity index (χ0) is 15.1. The third-order valence-corrected chi connectivity index (χ3v) is 2.50. The van der Waals surface area contributed by atoms with Crippen LogP contribution in [-0.2, 0) is 0 Å². The van der Waals surface area contributed by atoms with Gasteiger partial charge in [-0.25, -0.2) is 0 Å². The first-order valence-electron chi connectivity index (χ1n) is 6.97. The fraction of sp³-hybridized carbons (Fsp3) is 0.429. The molecule has 92 valence electrons. The molecule has 17 heavy (non-hydrogen) atoms. The maximum absolute atomic E-state index is 10.0. The van der Waals surface area contributed by atoms with Gasteiger partial charge < -0.3 is 14.6 Å². The Labute approximate surface area is 106 Å². The molecule has 0 saturated heterocycles. The lowest BCUT2D eigenvalue weighted by Gasteiger charge is -2.22. The molecule has 1 aliphatic heterocycles. The van der Waals surface area contributed by atoms with Crippen molar-refractivity contribution in [2.75, 3.05) is 6.75 Å². The van der Waals surface area contributed by atoms with Crippen LogP contribution in [-0.4, -0.2) is 18.0 Å². The van der Waals surface area contributed by atoms with Gasteiger partial charge in [0.2, 0.25) is 6.75 Å². The Kier molecular flexibility index (Phi) is 2.23. The molecule has 1 N–H and O–H groups in total. The van der Waals surface area contributed by atoms with Crippen molar-refractivity contribution in [2.24, 2.45) is 5.41 Å². The number of rotatable bonds is 2. The number of aliphatic hydroxyl groups excluding tert-OH is 1. The zero-order valence-corrected chi connectivity index (χ0v) is 10.2. The summed E-state index contributed by atoms with van der Waals surface area (Å²) in [7, 11) is 0. The van der Waals surface area contributed by atoms with Gasteiger partial charge in [-0.2, -0.15) is 0 Å². The van der Waals surface area contributed by atoms with Crippen LogP contribution in [0.2, 0.25) is 0 Å². The Morgan fingerprint density at radius 1 is 1.41 bits per heavy atom. The largest absolute Gasteiger partial charge is 0.454 e. The predicted molar refractivity (Wildman–Crippen MR) is 67.1 cm³/mol. The van der Waals surface area contributed by atoms with Gasteiger partial charge in [0.1, 0.15) is 2.74 Å². The SMILES string of the molecule is [2H]/C(=C\c1ccc2c(c1)OC([2H])([2H])O2)C(O)C(C)(C)C. The molecule has 0 fully saturated rings. The minimum Gasteiger partial charge on any atom is -0.454 e. The van der Waals surface area contributed by atoms with Crippen molar-refractivity contribution in [1.29, 1.82) is 0 Å². The highest BCUT2D eigenvalue weighted by Gasteiger charge is 2.19. The van der Waals surface area contributed by atoms with Crippen molar-refractivity contribution in [2.45, 2.75) is 26.9 Å². The van der Waals surface area contributed by atoms with Crippen LogP contribution in [0.3, 0.4) is 0 Å². The minimum absolute atomic E-state index is 0.0966. The van der Waals surface area contributed by atoms with E-state index >= 15 is 0 Å². The highest BCUT2D eigenvalue weighted by Crippen LogP contribution is 2.33. The van der Waals surface area contributed by atoms with E-state index in [4.69, 9.17) is 13.6 Å². The lowest BCUT2D eigenvalue weighted by atomic mass is 9.89. The van der Waals surface area contributed by atoms with Crippen molar-refractivity contribution in [3.63, 3.8) is 0 Å². The third kappa shape index (κ3) is 2.80. The number of fused-ring (bicyclic) bond motifs is 1. The van der Waals surface area contributed by atoms with Gasteiger partial charge in [0.05, 0.1) is 7.47 Å². The Morgan fingerprint density at radius 2 is 2.12 bits per heavy atom. The first-order valence-corrected chi connectivity index (χ1v) is 5.47. The highest BCUT2D eigenvalue weighted by atomic mass is 16.7. The number of aliphatic hydroxyl groups is 1. The average molecular weight is 237 g/mol. The summed E-state index contributed by atoms with van der Waals surface area (Å²) in [5.41, 5.74) is 0.236. The Morgan fingerprint density at radius 3 is 2.82 bits per heavy atom. The third-order valence-electron chi connectivity index (χ3n) is 2.50. The van der Waals surface area contributed by atoms with Gasteiger partial charge in [0.15, 0.2) is 11.5 Å². The first kappa shape index (κ1) is 8.59. The number of benzene rings is 1. The molecule has 1 unspecified atom stereocenters. The van der Waals surface area contributed by atoms with E-state index in [1.165, 1.54) is 6.08 Å². The van der Waals surface area contributed by atoms with E-state index in [1.54, 1.807) is 18.2 Å². The molecule has 0 radical (unpaired) electrons. The molecule has 0 bridgehead atoms. The summed E-state index contributed by atoms with van der Waals surface area (Å²) < 4.78 is 32.6. The van der Waals surface area contributed by atoms with E-state index in [2.05, 4.69) is 0 Å². The fourth-order valence-electron chi connectivity index (χ4n) is 1.31. The summed E-state index contributed by atoms with van der Waals surface area (Å²) in [6.45, 7) is 3.41. The van der Waals surface area contributed by atoms with E-state index < -0.39 is 18.3 Å². The van der Waals surface area contributed by atoms with Crippen molar-refractivity contribution in [3.8, 4) is 11.5 Å². The van der Waals surface area contributed by atoms with Gasteiger partial charge in [0.25, 0.3) is 0 Å². The lowest BCUT2D eigenvalue weighted by molar-refractivity contribution is 0.106. The van der Waals surface area contributed by atoms with E-state index in [0.717, 1.165) is 0 Å². The normalized spacial score (nSPS) is 22.6. The second kappa shape index (κ2) is 4.41. The van der Waals surface area contributed by atoms with Gasteiger partial charge >= 0.3 is 0 Å². The van der Waals surface area contributed by atoms with Crippen LogP contribution in [0, 0.1) is 5.41 Å². The van der Waals surface area contributed by atoms with E-state index in [9.17, 15) is 5.11 Å². The van der Waals surface area contributed by atoms with E-state index in [-0.39, 0.29) is 6.05 Å². The smallest absolute Gasteiger partial charge is 0.231 e. The van der Waals surface area contributed by atoms with Crippen molar-refractivity contribution in [3.05, 3.63) is 29.8 Å². The Bertz CT molecular complexity index is 547. The van der Waals surface area contributed by atoms with Crippen LogP contribution in [0.15, 0.2) is 24.3 Å². The standard InChI is InChI=1S/C14H18O3/c1-14(2,3)13(15)7-5-10-4-6-11-12(8-10)17-9-16-11/h4-8,13,15H,9H2,1-3H3/b7-5+/i7D,9D2. The summed E-state index contributed by atoms with van der Waals surface area (Å²) in [6.07, 6.45) is 0.660. The second-order valence-electron chi connectivity index (χ2n) is 5.07. The summed E-state index contributed by atoms with van der Waals surface area (Å²) in [6, 6.07) is 4.96. The molecule has 0 saturated carbocycles. The van der Waals surface area contributed by atoms with Gasteiger partial charge in [0, 0.05) is 0 Å². The van der Waals surface area contributed by atoms with E-state index in [1.807, 2.05) is 20.8 Å². The molecule has 2 rings (SSSR count). The first-order chi connectivity index (χ1) is 9.08. The molecule has 1 aromatic rings. The molecule has 0 spiro atoms. The molecule has 1 atom stereocenters. The molecule has 0 aromatic heterocycles. The molecular weight excluding hydrogens is 216 g/mol. The molecule has 1 aliphatic rings.